The van der Waals surface area contributed by atoms with Gasteiger partial charge in [0.1, 0.15) is 17.2 Å². The Morgan fingerprint density at radius 3 is 2.55 bits per heavy atom. The van der Waals surface area contributed by atoms with E-state index in [9.17, 15) is 14.7 Å². The third-order valence-electron chi connectivity index (χ3n) is 6.01. The lowest BCUT2D eigenvalue weighted by Crippen LogP contribution is -2.34. The average molecular weight is 530 g/mol. The molecule has 1 aromatic heterocycles. The van der Waals surface area contributed by atoms with Gasteiger partial charge in [-0.25, -0.2) is 9.78 Å². The number of aliphatic hydroxyl groups is 1. The van der Waals surface area contributed by atoms with Gasteiger partial charge in [-0.15, -0.1) is 0 Å². The van der Waals surface area contributed by atoms with Crippen LogP contribution in [0.5, 0.6) is 5.75 Å². The summed E-state index contributed by atoms with van der Waals surface area (Å²) in [6.07, 6.45) is 2.54. The van der Waals surface area contributed by atoms with Crippen molar-refractivity contribution in [2.45, 2.75) is 78.4 Å². The molecule has 0 saturated heterocycles. The number of ketones is 1. The van der Waals surface area contributed by atoms with Gasteiger partial charge in [-0.05, 0) is 52.2 Å². The summed E-state index contributed by atoms with van der Waals surface area (Å²) in [7, 11) is 3.23. The number of amides is 1. The maximum atomic E-state index is 12.9. The third kappa shape index (κ3) is 9.16. The van der Waals surface area contributed by atoms with Crippen LogP contribution >= 0.6 is 0 Å². The predicted octanol–water partition coefficient (Wildman–Crippen LogP) is 4.37. The summed E-state index contributed by atoms with van der Waals surface area (Å²) in [6.45, 7) is 9.76. The lowest BCUT2D eigenvalue weighted by Gasteiger charge is -2.24. The summed E-state index contributed by atoms with van der Waals surface area (Å²) in [6, 6.07) is 5.24. The number of nitrogens with zero attached hydrogens (tertiary/aromatic N) is 3. The first-order valence-corrected chi connectivity index (χ1v) is 13.0. The Labute approximate surface area is 225 Å². The van der Waals surface area contributed by atoms with E-state index in [-0.39, 0.29) is 30.8 Å². The number of nitrogen functional groups attached to an aromatic ring is 1. The fourth-order valence-corrected chi connectivity index (χ4v) is 4.01. The maximum absolute atomic E-state index is 12.9. The molecule has 1 amide bonds. The van der Waals surface area contributed by atoms with E-state index in [4.69, 9.17) is 15.2 Å². The second-order valence-corrected chi connectivity index (χ2v) is 10.4. The number of ether oxygens (including phenoxy) is 2. The molecule has 1 atom stereocenters. The minimum atomic E-state index is -0.566. The summed E-state index contributed by atoms with van der Waals surface area (Å²) in [5.74, 6) is 1.29. The topological polar surface area (TPSA) is 140 Å². The number of nitrogens with two attached hydrogens (primary N) is 1. The maximum Gasteiger partial charge on any atom is 0.410 e. The van der Waals surface area contributed by atoms with Crippen molar-refractivity contribution in [3.05, 3.63) is 40.6 Å². The monoisotopic (exact) mass is 529 g/mol. The number of aromatic nitrogens is 2. The Bertz CT molecular complexity index is 1100. The number of benzene rings is 1. The lowest BCUT2D eigenvalue weighted by molar-refractivity contribution is 0.0295. The number of aryl methyl sites for hydroxylation is 1. The van der Waals surface area contributed by atoms with Gasteiger partial charge in [0.05, 0.1) is 19.8 Å². The highest BCUT2D eigenvalue weighted by atomic mass is 16.6. The summed E-state index contributed by atoms with van der Waals surface area (Å²) in [4.78, 5) is 35.2. The van der Waals surface area contributed by atoms with Crippen LogP contribution in [0.15, 0.2) is 18.2 Å². The van der Waals surface area contributed by atoms with Gasteiger partial charge in [-0.1, -0.05) is 25.5 Å². The standard InChI is InChI=1S/C28H43N5O5/c1-8-10-21(17-34)31-25-22(18(2)30-26(29)32-25)15-20-13-12-19(16-24(20)37-7)23(35)11-9-14-33(6)27(36)38-28(3,4)5/h12-13,16,21,34H,8-11,14-15,17H2,1-7H3,(H3,29,30,31,32)/t21-/m0/s1. The van der Waals surface area contributed by atoms with Crippen LogP contribution in [0.25, 0.3) is 0 Å². The molecule has 38 heavy (non-hydrogen) atoms. The van der Waals surface area contributed by atoms with Crippen LogP contribution in [0, 0.1) is 6.92 Å². The number of carbonyl (C=O) groups is 2. The van der Waals surface area contributed by atoms with Crippen molar-refractivity contribution in [1.29, 1.82) is 0 Å². The Balaban J connectivity index is 2.14. The molecule has 4 N–H and O–H groups in total. The first-order valence-electron chi connectivity index (χ1n) is 13.0. The molecule has 0 saturated carbocycles. The first kappa shape index (κ1) is 30.8. The SMILES string of the molecule is CCC[C@@H](CO)Nc1nc(N)nc(C)c1Cc1ccc(C(=O)CCCN(C)C(=O)OC(C)(C)C)cc1OC. The number of carbonyl (C=O) groups excluding carboxylic acids is 2. The van der Waals surface area contributed by atoms with Gasteiger partial charge in [0.25, 0.3) is 0 Å². The van der Waals surface area contributed by atoms with Gasteiger partial charge in [0.2, 0.25) is 5.95 Å². The molecule has 10 nitrogen and oxygen atoms in total. The Hall–Kier alpha value is -3.40. The fourth-order valence-electron chi connectivity index (χ4n) is 4.01. The van der Waals surface area contributed by atoms with Gasteiger partial charge >= 0.3 is 6.09 Å². The van der Waals surface area contributed by atoms with Gasteiger partial charge in [-0.3, -0.25) is 4.79 Å². The second kappa shape index (κ2) is 13.9. The van der Waals surface area contributed by atoms with Crippen molar-refractivity contribution in [3.8, 4) is 5.75 Å². The van der Waals surface area contributed by atoms with Gasteiger partial charge in [-0.2, -0.15) is 4.98 Å². The van der Waals surface area contributed by atoms with Crippen molar-refractivity contribution >= 4 is 23.6 Å². The van der Waals surface area contributed by atoms with Crippen LogP contribution in [-0.4, -0.2) is 70.8 Å². The quantitative estimate of drug-likeness (QED) is 0.323. The summed E-state index contributed by atoms with van der Waals surface area (Å²) in [5.41, 5.74) is 8.32. The number of rotatable bonds is 13. The van der Waals surface area contributed by atoms with Gasteiger partial charge < -0.3 is 30.5 Å². The molecule has 0 aliphatic heterocycles. The molecule has 0 aliphatic carbocycles. The summed E-state index contributed by atoms with van der Waals surface area (Å²) in [5, 5.41) is 13.1. The van der Waals surface area contributed by atoms with Gasteiger partial charge in [0, 0.05) is 43.3 Å². The number of nitrogens with one attached hydrogen (secondary N) is 1. The van der Waals surface area contributed by atoms with E-state index >= 15 is 0 Å². The van der Waals surface area contributed by atoms with E-state index in [1.807, 2.05) is 33.8 Å². The van der Waals surface area contributed by atoms with Crippen LogP contribution < -0.4 is 15.8 Å². The summed E-state index contributed by atoms with van der Waals surface area (Å²) < 4.78 is 11.0. The van der Waals surface area contributed by atoms with E-state index in [0.29, 0.717) is 36.5 Å². The molecule has 1 heterocycles. The van der Waals surface area contributed by atoms with Crippen LogP contribution in [0.2, 0.25) is 0 Å². The molecule has 0 bridgehead atoms. The molecule has 0 spiro atoms. The number of methoxy groups -OCH3 is 1. The highest BCUT2D eigenvalue weighted by Crippen LogP contribution is 2.28. The number of hydrogen-bond acceptors (Lipinski definition) is 9. The van der Waals surface area contributed by atoms with E-state index in [1.165, 1.54) is 4.90 Å². The molecular formula is C28H43N5O5. The van der Waals surface area contributed by atoms with Crippen LogP contribution in [-0.2, 0) is 11.2 Å². The molecule has 2 aromatic rings. The zero-order valence-electron chi connectivity index (χ0n) is 23.8. The van der Waals surface area contributed by atoms with Crippen LogP contribution in [0.1, 0.15) is 80.6 Å². The molecule has 1 aromatic carbocycles. The largest absolute Gasteiger partial charge is 0.496 e. The van der Waals surface area contributed by atoms with Crippen molar-refractivity contribution in [1.82, 2.24) is 14.9 Å². The number of hydrogen-bond donors (Lipinski definition) is 3. The molecule has 0 radical (unpaired) electrons. The van der Waals surface area contributed by atoms with Crippen molar-refractivity contribution in [2.24, 2.45) is 0 Å². The van der Waals surface area contributed by atoms with Crippen molar-refractivity contribution in [2.75, 3.05) is 38.4 Å². The smallest absolute Gasteiger partial charge is 0.410 e. The minimum absolute atomic E-state index is 0.0239. The van der Waals surface area contributed by atoms with E-state index in [2.05, 4.69) is 22.2 Å². The molecular weight excluding hydrogens is 486 g/mol. The molecule has 0 fully saturated rings. The molecule has 210 valence electrons. The predicted molar refractivity (Wildman–Crippen MR) is 149 cm³/mol. The Morgan fingerprint density at radius 1 is 1.24 bits per heavy atom. The average Bonchev–Trinajstić information content (AvgIpc) is 2.84. The first-order chi connectivity index (χ1) is 17.9. The van der Waals surface area contributed by atoms with Crippen LogP contribution in [0.4, 0.5) is 16.6 Å². The minimum Gasteiger partial charge on any atom is -0.496 e. The lowest BCUT2D eigenvalue weighted by atomic mass is 9.98. The van der Waals surface area contributed by atoms with Gasteiger partial charge in [0.15, 0.2) is 5.78 Å². The highest BCUT2D eigenvalue weighted by molar-refractivity contribution is 5.96. The molecule has 0 aliphatic rings. The van der Waals surface area contributed by atoms with E-state index in [0.717, 1.165) is 29.7 Å². The van der Waals surface area contributed by atoms with E-state index < -0.39 is 11.7 Å². The van der Waals surface area contributed by atoms with Crippen LogP contribution in [0.3, 0.4) is 0 Å². The Morgan fingerprint density at radius 2 is 1.95 bits per heavy atom. The molecule has 2 rings (SSSR count). The number of anilines is 2. The second-order valence-electron chi connectivity index (χ2n) is 10.4. The molecule has 10 heteroatoms. The Kier molecular flexibility index (Phi) is 11.3. The highest BCUT2D eigenvalue weighted by Gasteiger charge is 2.20. The van der Waals surface area contributed by atoms with E-state index in [1.54, 1.807) is 26.3 Å². The summed E-state index contributed by atoms with van der Waals surface area (Å²) >= 11 is 0. The fraction of sp³-hybridized carbons (Fsp3) is 0.571. The zero-order valence-corrected chi connectivity index (χ0v) is 23.8. The number of aliphatic hydroxyl groups excluding tert-OH is 1. The number of Topliss-reactive ketones (excluding diaryl/α,β-unsaturated/α-hetero) is 1. The van der Waals surface area contributed by atoms with Crippen molar-refractivity contribution in [3.63, 3.8) is 0 Å². The normalized spacial score (nSPS) is 12.1. The van der Waals surface area contributed by atoms with Crippen molar-refractivity contribution < 1.29 is 24.2 Å². The zero-order chi connectivity index (χ0) is 28.5. The molecule has 0 unspecified atom stereocenters. The third-order valence-corrected chi connectivity index (χ3v) is 6.01.